The van der Waals surface area contributed by atoms with Crippen molar-refractivity contribution in [1.82, 2.24) is 9.88 Å². The fourth-order valence-corrected chi connectivity index (χ4v) is 3.18. The number of hydrogen-bond donors (Lipinski definition) is 1. The molecule has 0 bridgehead atoms. The van der Waals surface area contributed by atoms with Crippen LogP contribution in [0.15, 0.2) is 48.7 Å². The number of nitrogens with one attached hydrogen (secondary N) is 1. The molecule has 120 valence electrons. The molecule has 1 atom stereocenters. The number of carbonyl (C=O) groups excluding carboxylic acids is 1. The third-order valence-electron chi connectivity index (χ3n) is 4.36. The Hall–Kier alpha value is -2.20. The SMILES string of the molecule is CCc1cccc(NC(=O)CN2CCC[C@H]2c2ccccn2)c1. The monoisotopic (exact) mass is 309 g/mol. The Morgan fingerprint density at radius 3 is 3.00 bits per heavy atom. The summed E-state index contributed by atoms with van der Waals surface area (Å²) in [6.45, 7) is 3.48. The lowest BCUT2D eigenvalue weighted by atomic mass is 10.1. The van der Waals surface area contributed by atoms with Gasteiger partial charge in [-0.05, 0) is 55.6 Å². The number of aryl methyl sites for hydroxylation is 1. The highest BCUT2D eigenvalue weighted by Gasteiger charge is 2.28. The van der Waals surface area contributed by atoms with E-state index in [0.29, 0.717) is 6.54 Å². The third-order valence-corrected chi connectivity index (χ3v) is 4.36. The first-order valence-electron chi connectivity index (χ1n) is 8.30. The molecule has 1 aromatic heterocycles. The van der Waals surface area contributed by atoms with Crippen LogP contribution in [0, 0.1) is 0 Å². The lowest BCUT2D eigenvalue weighted by Gasteiger charge is -2.23. The molecule has 4 heteroatoms. The van der Waals surface area contributed by atoms with E-state index in [4.69, 9.17) is 0 Å². The zero-order valence-corrected chi connectivity index (χ0v) is 13.5. The largest absolute Gasteiger partial charge is 0.325 e. The van der Waals surface area contributed by atoms with Crippen molar-refractivity contribution in [2.45, 2.75) is 32.2 Å². The maximum atomic E-state index is 12.4. The Bertz CT molecular complexity index is 657. The number of aromatic nitrogens is 1. The second-order valence-corrected chi connectivity index (χ2v) is 5.99. The van der Waals surface area contributed by atoms with Crippen LogP contribution >= 0.6 is 0 Å². The molecule has 1 aromatic carbocycles. The van der Waals surface area contributed by atoms with Gasteiger partial charge in [0.15, 0.2) is 0 Å². The normalized spacial score (nSPS) is 18.0. The quantitative estimate of drug-likeness (QED) is 0.920. The van der Waals surface area contributed by atoms with E-state index in [-0.39, 0.29) is 11.9 Å². The van der Waals surface area contributed by atoms with Gasteiger partial charge in [0, 0.05) is 11.9 Å². The molecular weight excluding hydrogens is 286 g/mol. The first-order valence-corrected chi connectivity index (χ1v) is 8.30. The number of pyridine rings is 1. The van der Waals surface area contributed by atoms with Crippen LogP contribution in [0.4, 0.5) is 5.69 Å². The van der Waals surface area contributed by atoms with Crippen LogP contribution in [0.1, 0.15) is 37.1 Å². The maximum Gasteiger partial charge on any atom is 0.238 e. The van der Waals surface area contributed by atoms with Gasteiger partial charge in [0.05, 0.1) is 18.3 Å². The Morgan fingerprint density at radius 2 is 2.22 bits per heavy atom. The predicted octanol–water partition coefficient (Wildman–Crippen LogP) is 3.42. The first-order chi connectivity index (χ1) is 11.3. The molecule has 0 spiro atoms. The fourth-order valence-electron chi connectivity index (χ4n) is 3.18. The highest BCUT2D eigenvalue weighted by atomic mass is 16.2. The van der Waals surface area contributed by atoms with E-state index >= 15 is 0 Å². The topological polar surface area (TPSA) is 45.2 Å². The summed E-state index contributed by atoms with van der Waals surface area (Å²) in [5.74, 6) is 0.0427. The molecule has 1 aliphatic rings. The number of anilines is 1. The molecule has 1 aliphatic heterocycles. The van der Waals surface area contributed by atoms with Gasteiger partial charge < -0.3 is 5.32 Å². The van der Waals surface area contributed by atoms with Crippen molar-refractivity contribution in [3.05, 3.63) is 59.9 Å². The number of nitrogens with zero attached hydrogens (tertiary/aromatic N) is 2. The second kappa shape index (κ2) is 7.38. The average molecular weight is 309 g/mol. The van der Waals surface area contributed by atoms with Crippen LogP contribution in [-0.2, 0) is 11.2 Å². The van der Waals surface area contributed by atoms with Gasteiger partial charge >= 0.3 is 0 Å². The van der Waals surface area contributed by atoms with Crippen LogP contribution in [0.5, 0.6) is 0 Å². The molecule has 0 unspecified atom stereocenters. The molecule has 2 aromatic rings. The third kappa shape index (κ3) is 3.96. The molecule has 0 aliphatic carbocycles. The van der Waals surface area contributed by atoms with Gasteiger partial charge in [-0.1, -0.05) is 25.1 Å². The average Bonchev–Trinajstić information content (AvgIpc) is 3.03. The molecule has 0 radical (unpaired) electrons. The van der Waals surface area contributed by atoms with E-state index < -0.39 is 0 Å². The van der Waals surface area contributed by atoms with Crippen LogP contribution in [-0.4, -0.2) is 28.9 Å². The van der Waals surface area contributed by atoms with Crippen molar-refractivity contribution in [2.75, 3.05) is 18.4 Å². The van der Waals surface area contributed by atoms with Crippen LogP contribution in [0.2, 0.25) is 0 Å². The smallest absolute Gasteiger partial charge is 0.238 e. The van der Waals surface area contributed by atoms with Gasteiger partial charge in [-0.2, -0.15) is 0 Å². The van der Waals surface area contributed by atoms with Crippen molar-refractivity contribution in [3.63, 3.8) is 0 Å². The summed E-state index contributed by atoms with van der Waals surface area (Å²) < 4.78 is 0. The van der Waals surface area contributed by atoms with E-state index in [9.17, 15) is 4.79 Å². The standard InChI is InChI=1S/C19H23N3O/c1-2-15-7-5-8-16(13-15)21-19(23)14-22-12-6-10-18(22)17-9-3-4-11-20-17/h3-5,7-9,11,13,18H,2,6,10,12,14H2,1H3,(H,21,23)/t18-/m0/s1. The predicted molar refractivity (Wildman–Crippen MR) is 92.2 cm³/mol. The van der Waals surface area contributed by atoms with Crippen molar-refractivity contribution in [3.8, 4) is 0 Å². The Labute approximate surface area is 137 Å². The second-order valence-electron chi connectivity index (χ2n) is 5.99. The minimum Gasteiger partial charge on any atom is -0.325 e. The highest BCUT2D eigenvalue weighted by molar-refractivity contribution is 5.92. The number of rotatable bonds is 5. The summed E-state index contributed by atoms with van der Waals surface area (Å²) in [4.78, 5) is 19.0. The van der Waals surface area contributed by atoms with Crippen molar-refractivity contribution >= 4 is 11.6 Å². The van der Waals surface area contributed by atoms with Gasteiger partial charge in [0.2, 0.25) is 5.91 Å². The van der Waals surface area contributed by atoms with E-state index in [1.165, 1.54) is 5.56 Å². The maximum absolute atomic E-state index is 12.4. The van der Waals surface area contributed by atoms with E-state index in [1.807, 2.05) is 42.6 Å². The molecular formula is C19H23N3O. The van der Waals surface area contributed by atoms with Gasteiger partial charge in [0.1, 0.15) is 0 Å². The van der Waals surface area contributed by atoms with E-state index in [2.05, 4.69) is 28.2 Å². The highest BCUT2D eigenvalue weighted by Crippen LogP contribution is 2.30. The first kappa shape index (κ1) is 15.7. The van der Waals surface area contributed by atoms with E-state index in [0.717, 1.165) is 37.2 Å². The van der Waals surface area contributed by atoms with Crippen LogP contribution in [0.3, 0.4) is 0 Å². The van der Waals surface area contributed by atoms with Gasteiger partial charge in [0.25, 0.3) is 0 Å². The van der Waals surface area contributed by atoms with Crippen molar-refractivity contribution < 1.29 is 4.79 Å². The summed E-state index contributed by atoms with van der Waals surface area (Å²) in [5, 5.41) is 3.01. The number of benzene rings is 1. The minimum atomic E-state index is 0.0427. The molecule has 23 heavy (non-hydrogen) atoms. The Morgan fingerprint density at radius 1 is 1.30 bits per heavy atom. The fraction of sp³-hybridized carbons (Fsp3) is 0.368. The Kier molecular flexibility index (Phi) is 5.03. The summed E-state index contributed by atoms with van der Waals surface area (Å²) >= 11 is 0. The lowest BCUT2D eigenvalue weighted by Crippen LogP contribution is -2.33. The molecule has 4 nitrogen and oxygen atoms in total. The molecule has 3 rings (SSSR count). The molecule has 1 saturated heterocycles. The summed E-state index contributed by atoms with van der Waals surface area (Å²) in [7, 11) is 0. The molecule has 1 amide bonds. The zero-order valence-electron chi connectivity index (χ0n) is 13.5. The molecule has 2 heterocycles. The zero-order chi connectivity index (χ0) is 16.1. The van der Waals surface area contributed by atoms with E-state index in [1.54, 1.807) is 0 Å². The number of hydrogen-bond acceptors (Lipinski definition) is 3. The number of likely N-dealkylation sites (tertiary alicyclic amines) is 1. The van der Waals surface area contributed by atoms with Crippen molar-refractivity contribution in [2.24, 2.45) is 0 Å². The van der Waals surface area contributed by atoms with Crippen LogP contribution < -0.4 is 5.32 Å². The lowest BCUT2D eigenvalue weighted by molar-refractivity contribution is -0.117. The van der Waals surface area contributed by atoms with Gasteiger partial charge in [-0.15, -0.1) is 0 Å². The minimum absolute atomic E-state index is 0.0427. The molecule has 1 N–H and O–H groups in total. The summed E-state index contributed by atoms with van der Waals surface area (Å²) in [6, 6.07) is 14.3. The van der Waals surface area contributed by atoms with Crippen LogP contribution in [0.25, 0.3) is 0 Å². The molecule has 1 fully saturated rings. The number of amides is 1. The summed E-state index contributed by atoms with van der Waals surface area (Å²) in [6.07, 6.45) is 4.97. The molecule has 0 saturated carbocycles. The van der Waals surface area contributed by atoms with Crippen molar-refractivity contribution in [1.29, 1.82) is 0 Å². The number of carbonyl (C=O) groups is 1. The van der Waals surface area contributed by atoms with Gasteiger partial charge in [-0.3, -0.25) is 14.7 Å². The summed E-state index contributed by atoms with van der Waals surface area (Å²) in [5.41, 5.74) is 3.17. The van der Waals surface area contributed by atoms with Gasteiger partial charge in [-0.25, -0.2) is 0 Å². The Balaban J connectivity index is 1.62.